The van der Waals surface area contributed by atoms with E-state index in [-0.39, 0.29) is 22.3 Å². The minimum absolute atomic E-state index is 0.0810. The molecule has 4 rings (SSSR count). The van der Waals surface area contributed by atoms with Crippen molar-refractivity contribution in [3.8, 4) is 0 Å². The zero-order valence-corrected chi connectivity index (χ0v) is 26.1. The molecule has 1 fully saturated rings. The highest BCUT2D eigenvalue weighted by molar-refractivity contribution is 6.74. The van der Waals surface area contributed by atoms with Gasteiger partial charge in [0.1, 0.15) is 11.8 Å². The van der Waals surface area contributed by atoms with Crippen molar-refractivity contribution in [2.24, 2.45) is 11.8 Å². The average Bonchev–Trinajstić information content (AvgIpc) is 3.19. The Hall–Kier alpha value is -2.15. The van der Waals surface area contributed by atoms with Crippen LogP contribution >= 0.6 is 11.6 Å². The lowest BCUT2D eigenvalue weighted by molar-refractivity contribution is -0.148. The van der Waals surface area contributed by atoms with Gasteiger partial charge in [0.15, 0.2) is 8.32 Å². The number of benzene rings is 2. The summed E-state index contributed by atoms with van der Waals surface area (Å²) in [5.74, 6) is -0.0733. The molecular weight excluding hydrogens is 526 g/mol. The molecule has 1 N–H and O–H groups in total. The van der Waals surface area contributed by atoms with Gasteiger partial charge in [-0.1, -0.05) is 62.7 Å². The molecule has 7 heteroatoms. The molecule has 0 aliphatic heterocycles. The second kappa shape index (κ2) is 11.4. The standard InChI is InChI=1S/C32H44ClNO4Si/c1-30(2,3)39(5,6)38-22-23(21-35)18-25-19-24-10-7-8-13-28(24)31(25)14-16-32(17-15-31,29(36)37-4)34-27-12-9-11-26(33)20-27/h7-13,20-21,23,25,34H,14-19,22H2,1-6H3. The molecular formula is C32H44ClNO4Si. The lowest BCUT2D eigenvalue weighted by atomic mass is 9.59. The van der Waals surface area contributed by atoms with Crippen LogP contribution in [0.1, 0.15) is 64.0 Å². The average molecular weight is 570 g/mol. The maximum Gasteiger partial charge on any atom is 0.331 e. The van der Waals surface area contributed by atoms with E-state index in [1.54, 1.807) is 0 Å². The molecule has 2 atom stereocenters. The topological polar surface area (TPSA) is 64.6 Å². The first-order chi connectivity index (χ1) is 18.4. The number of hydrogen-bond donors (Lipinski definition) is 1. The first kappa shape index (κ1) is 29.8. The zero-order chi connectivity index (χ0) is 28.5. The molecule has 5 nitrogen and oxygen atoms in total. The smallest absolute Gasteiger partial charge is 0.331 e. The molecule has 1 saturated carbocycles. The third-order valence-corrected chi connectivity index (χ3v) is 14.6. The highest BCUT2D eigenvalue weighted by Gasteiger charge is 2.54. The van der Waals surface area contributed by atoms with Gasteiger partial charge >= 0.3 is 5.97 Å². The van der Waals surface area contributed by atoms with E-state index in [0.717, 1.165) is 37.7 Å². The second-order valence-electron chi connectivity index (χ2n) is 13.1. The van der Waals surface area contributed by atoms with Gasteiger partial charge in [0.05, 0.1) is 7.11 Å². The van der Waals surface area contributed by atoms with E-state index >= 15 is 0 Å². The van der Waals surface area contributed by atoms with E-state index < -0.39 is 13.9 Å². The summed E-state index contributed by atoms with van der Waals surface area (Å²) in [7, 11) is -0.499. The van der Waals surface area contributed by atoms with Crippen LogP contribution in [0.4, 0.5) is 5.69 Å². The number of ether oxygens (including phenoxy) is 1. The number of halogens is 1. The largest absolute Gasteiger partial charge is 0.467 e. The summed E-state index contributed by atoms with van der Waals surface area (Å²) in [5, 5.41) is 4.22. The van der Waals surface area contributed by atoms with Crippen LogP contribution in [0.15, 0.2) is 48.5 Å². The number of methoxy groups -OCH3 is 1. The Bertz CT molecular complexity index is 1180. The molecule has 2 aromatic rings. The third kappa shape index (κ3) is 5.98. The number of carbonyl (C=O) groups excluding carboxylic acids is 2. The fraction of sp³-hybridized carbons (Fsp3) is 0.562. The molecule has 212 valence electrons. The number of fused-ring (bicyclic) bond motifs is 2. The maximum absolute atomic E-state index is 13.2. The van der Waals surface area contributed by atoms with Crippen molar-refractivity contribution in [1.82, 2.24) is 0 Å². The van der Waals surface area contributed by atoms with E-state index in [2.05, 4.69) is 63.4 Å². The van der Waals surface area contributed by atoms with Crippen LogP contribution in [0.25, 0.3) is 0 Å². The van der Waals surface area contributed by atoms with Crippen LogP contribution in [0.5, 0.6) is 0 Å². The summed E-state index contributed by atoms with van der Waals surface area (Å²) in [5.41, 5.74) is 2.66. The summed E-state index contributed by atoms with van der Waals surface area (Å²) < 4.78 is 11.8. The Morgan fingerprint density at radius 2 is 1.82 bits per heavy atom. The van der Waals surface area contributed by atoms with Gasteiger partial charge in [0.2, 0.25) is 0 Å². The Balaban J connectivity index is 1.58. The Morgan fingerprint density at radius 1 is 1.13 bits per heavy atom. The van der Waals surface area contributed by atoms with Gasteiger partial charge in [-0.15, -0.1) is 0 Å². The molecule has 0 aromatic heterocycles. The van der Waals surface area contributed by atoms with Gasteiger partial charge in [-0.3, -0.25) is 0 Å². The maximum atomic E-state index is 13.2. The van der Waals surface area contributed by atoms with Crippen LogP contribution in [0.2, 0.25) is 23.2 Å². The fourth-order valence-corrected chi connectivity index (χ4v) is 7.71. The van der Waals surface area contributed by atoms with Crippen molar-refractivity contribution >= 4 is 37.9 Å². The van der Waals surface area contributed by atoms with Crippen molar-refractivity contribution in [2.75, 3.05) is 19.0 Å². The van der Waals surface area contributed by atoms with Crippen LogP contribution in [0, 0.1) is 11.8 Å². The van der Waals surface area contributed by atoms with Gasteiger partial charge in [-0.05, 0) is 97.3 Å². The number of carbonyl (C=O) groups is 2. The molecule has 39 heavy (non-hydrogen) atoms. The molecule has 0 saturated heterocycles. The Labute approximate surface area is 240 Å². The third-order valence-electron chi connectivity index (χ3n) is 9.83. The van der Waals surface area contributed by atoms with Crippen molar-refractivity contribution in [1.29, 1.82) is 0 Å². The van der Waals surface area contributed by atoms with Crippen LogP contribution in [-0.4, -0.2) is 39.8 Å². The molecule has 2 aliphatic carbocycles. The normalized spacial score (nSPS) is 25.7. The highest BCUT2D eigenvalue weighted by Crippen LogP contribution is 2.56. The van der Waals surface area contributed by atoms with Crippen molar-refractivity contribution < 1.29 is 18.8 Å². The molecule has 2 unspecified atom stereocenters. The molecule has 0 amide bonds. The van der Waals surface area contributed by atoms with Gasteiger partial charge in [-0.25, -0.2) is 4.79 Å². The number of esters is 1. The van der Waals surface area contributed by atoms with E-state index in [1.165, 1.54) is 18.2 Å². The number of aldehydes is 1. The van der Waals surface area contributed by atoms with Crippen LogP contribution < -0.4 is 5.32 Å². The second-order valence-corrected chi connectivity index (χ2v) is 18.4. The van der Waals surface area contributed by atoms with Gasteiger partial charge in [-0.2, -0.15) is 0 Å². The lowest BCUT2D eigenvalue weighted by Gasteiger charge is -2.47. The molecule has 1 spiro atoms. The quantitative estimate of drug-likeness (QED) is 0.191. The Kier molecular flexibility index (Phi) is 8.70. The summed E-state index contributed by atoms with van der Waals surface area (Å²) in [4.78, 5) is 25.5. The van der Waals surface area contributed by atoms with Gasteiger partial charge in [0.25, 0.3) is 0 Å². The minimum Gasteiger partial charge on any atom is -0.467 e. The predicted octanol–water partition coefficient (Wildman–Crippen LogP) is 7.58. The monoisotopic (exact) mass is 569 g/mol. The molecule has 0 heterocycles. The van der Waals surface area contributed by atoms with Crippen LogP contribution in [-0.2, 0) is 30.6 Å². The number of nitrogens with one attached hydrogen (secondary N) is 1. The predicted molar refractivity (Wildman–Crippen MR) is 161 cm³/mol. The SMILES string of the molecule is COC(=O)C1(Nc2cccc(Cl)c2)CCC2(CC1)c1ccccc1CC2CC(C=O)CO[Si](C)(C)C(C)(C)C. The lowest BCUT2D eigenvalue weighted by Crippen LogP contribution is -2.53. The van der Waals surface area contributed by atoms with E-state index in [9.17, 15) is 9.59 Å². The summed E-state index contributed by atoms with van der Waals surface area (Å²) >= 11 is 6.24. The number of anilines is 1. The minimum atomic E-state index is -1.96. The summed E-state index contributed by atoms with van der Waals surface area (Å²) in [6.07, 6.45) is 5.81. The van der Waals surface area contributed by atoms with Gasteiger partial charge < -0.3 is 19.3 Å². The zero-order valence-electron chi connectivity index (χ0n) is 24.3. The van der Waals surface area contributed by atoms with Crippen molar-refractivity contribution in [3.05, 3.63) is 64.7 Å². The molecule has 0 bridgehead atoms. The van der Waals surface area contributed by atoms with Crippen molar-refractivity contribution in [3.63, 3.8) is 0 Å². The molecule has 0 radical (unpaired) electrons. The van der Waals surface area contributed by atoms with E-state index in [1.807, 2.05) is 24.3 Å². The van der Waals surface area contributed by atoms with Gasteiger partial charge in [0, 0.05) is 23.2 Å². The van der Waals surface area contributed by atoms with Crippen molar-refractivity contribution in [2.45, 2.75) is 88.4 Å². The summed E-state index contributed by atoms with van der Waals surface area (Å²) in [6.45, 7) is 11.6. The highest BCUT2D eigenvalue weighted by atomic mass is 35.5. The summed E-state index contributed by atoms with van der Waals surface area (Å²) in [6, 6.07) is 16.2. The van der Waals surface area contributed by atoms with Crippen LogP contribution in [0.3, 0.4) is 0 Å². The van der Waals surface area contributed by atoms with E-state index in [4.69, 9.17) is 20.8 Å². The number of hydrogen-bond acceptors (Lipinski definition) is 5. The van der Waals surface area contributed by atoms with E-state index in [0.29, 0.717) is 30.4 Å². The first-order valence-electron chi connectivity index (χ1n) is 14.2. The Morgan fingerprint density at radius 3 is 2.44 bits per heavy atom. The fourth-order valence-electron chi connectivity index (χ4n) is 6.45. The number of rotatable bonds is 9. The molecule has 2 aliphatic rings. The first-order valence-corrected chi connectivity index (χ1v) is 17.4. The molecule has 2 aromatic carbocycles.